The zero-order valence-corrected chi connectivity index (χ0v) is 6.72. The molecule has 0 aliphatic heterocycles. The van der Waals surface area contributed by atoms with Gasteiger partial charge >= 0.3 is 0 Å². The van der Waals surface area contributed by atoms with Gasteiger partial charge in [-0.25, -0.2) is 5.21 Å². The summed E-state index contributed by atoms with van der Waals surface area (Å²) in [5.41, 5.74) is 0. The first-order chi connectivity index (χ1) is 4.18. The molecule has 0 aliphatic carbocycles. The molecule has 2 nitrogen and oxygen atoms in total. The van der Waals surface area contributed by atoms with Crippen molar-refractivity contribution in [2.45, 2.75) is 27.2 Å². The molecule has 0 radical (unpaired) electrons. The van der Waals surface area contributed by atoms with Gasteiger partial charge < -0.3 is 0 Å². The maximum absolute atomic E-state index is 9.57. The Hall–Kier alpha value is -0.0800. The van der Waals surface area contributed by atoms with Gasteiger partial charge in [-0.1, -0.05) is 6.92 Å². The van der Waals surface area contributed by atoms with Crippen molar-refractivity contribution in [3.05, 3.63) is 0 Å². The minimum atomic E-state index is 0.233. The number of quaternary nitrogens is 1. The van der Waals surface area contributed by atoms with Crippen LogP contribution in [-0.4, -0.2) is 29.5 Å². The van der Waals surface area contributed by atoms with Gasteiger partial charge in [0.15, 0.2) is 0 Å². The quantitative estimate of drug-likeness (QED) is 0.455. The Morgan fingerprint density at radius 2 is 1.56 bits per heavy atom. The molecule has 1 N–H and O–H groups in total. The van der Waals surface area contributed by atoms with Crippen LogP contribution in [0.5, 0.6) is 0 Å². The molecule has 0 rings (SSSR count). The molecule has 2 heteroatoms. The van der Waals surface area contributed by atoms with E-state index in [-0.39, 0.29) is 4.65 Å². The third-order valence-electron chi connectivity index (χ3n) is 1.82. The third-order valence-corrected chi connectivity index (χ3v) is 1.82. The second kappa shape index (κ2) is 3.85. The van der Waals surface area contributed by atoms with Crippen molar-refractivity contribution >= 4 is 0 Å². The molecular weight excluding hydrogens is 114 g/mol. The molecule has 0 aromatic heterocycles. The fraction of sp³-hybridized carbons (Fsp3) is 1.00. The summed E-state index contributed by atoms with van der Waals surface area (Å²) in [6, 6.07) is 0. The number of hydroxylamine groups is 3. The summed E-state index contributed by atoms with van der Waals surface area (Å²) < 4.78 is 0.233. The van der Waals surface area contributed by atoms with Crippen LogP contribution in [0.15, 0.2) is 0 Å². The smallest absolute Gasteiger partial charge is 0.108 e. The number of nitrogens with zero attached hydrogens (tertiary/aromatic N) is 1. The zero-order chi connectivity index (χ0) is 7.33. The predicted molar refractivity (Wildman–Crippen MR) is 38.3 cm³/mol. The van der Waals surface area contributed by atoms with Crippen LogP contribution in [0, 0.1) is 0 Å². The molecule has 0 aliphatic rings. The molecule has 0 spiro atoms. The molecule has 0 saturated heterocycles. The van der Waals surface area contributed by atoms with Gasteiger partial charge in [-0.2, -0.15) is 4.65 Å². The van der Waals surface area contributed by atoms with E-state index in [9.17, 15) is 5.21 Å². The van der Waals surface area contributed by atoms with Crippen molar-refractivity contribution in [2.24, 2.45) is 0 Å². The van der Waals surface area contributed by atoms with E-state index in [1.165, 1.54) is 0 Å². The van der Waals surface area contributed by atoms with E-state index >= 15 is 0 Å². The molecule has 0 bridgehead atoms. The van der Waals surface area contributed by atoms with E-state index in [0.29, 0.717) is 0 Å². The van der Waals surface area contributed by atoms with E-state index in [0.717, 1.165) is 26.1 Å². The topological polar surface area (TPSA) is 20.2 Å². The highest BCUT2D eigenvalue weighted by atomic mass is 16.5. The van der Waals surface area contributed by atoms with Crippen LogP contribution >= 0.6 is 0 Å². The maximum Gasteiger partial charge on any atom is 0.108 e. The Balaban J connectivity index is 3.62. The monoisotopic (exact) mass is 132 g/mol. The van der Waals surface area contributed by atoms with Crippen LogP contribution in [0.25, 0.3) is 0 Å². The highest BCUT2D eigenvalue weighted by Gasteiger charge is 2.17. The summed E-state index contributed by atoms with van der Waals surface area (Å²) in [6.07, 6.45) is 1.05. The summed E-state index contributed by atoms with van der Waals surface area (Å²) in [5, 5.41) is 9.57. The largest absolute Gasteiger partial charge is 0.217 e. The van der Waals surface area contributed by atoms with Gasteiger partial charge in [0.05, 0.1) is 0 Å². The van der Waals surface area contributed by atoms with Crippen molar-refractivity contribution in [1.82, 2.24) is 0 Å². The minimum Gasteiger partial charge on any atom is -0.217 e. The molecule has 0 amide bonds. The second-order valence-corrected chi connectivity index (χ2v) is 2.45. The number of hydrogen-bond acceptors (Lipinski definition) is 1. The van der Waals surface area contributed by atoms with Crippen molar-refractivity contribution in [3.63, 3.8) is 0 Å². The lowest BCUT2D eigenvalue weighted by Gasteiger charge is -2.26. The summed E-state index contributed by atoms with van der Waals surface area (Å²) >= 11 is 0. The van der Waals surface area contributed by atoms with Crippen LogP contribution in [-0.2, 0) is 0 Å². The first-order valence-corrected chi connectivity index (χ1v) is 3.77. The van der Waals surface area contributed by atoms with Crippen LogP contribution in [0.3, 0.4) is 0 Å². The molecule has 0 aromatic rings. The van der Waals surface area contributed by atoms with E-state index in [1.54, 1.807) is 0 Å². The van der Waals surface area contributed by atoms with Crippen LogP contribution in [0.2, 0.25) is 0 Å². The summed E-state index contributed by atoms with van der Waals surface area (Å²) in [5.74, 6) is 0. The van der Waals surface area contributed by atoms with Crippen molar-refractivity contribution in [1.29, 1.82) is 0 Å². The van der Waals surface area contributed by atoms with Gasteiger partial charge in [0.1, 0.15) is 19.6 Å². The van der Waals surface area contributed by atoms with E-state index in [2.05, 4.69) is 6.92 Å². The molecule has 9 heavy (non-hydrogen) atoms. The fourth-order valence-electron chi connectivity index (χ4n) is 0.956. The Bertz CT molecular complexity index is 69.3. The molecule has 0 heterocycles. The van der Waals surface area contributed by atoms with E-state index < -0.39 is 0 Å². The van der Waals surface area contributed by atoms with Gasteiger partial charge in [-0.05, 0) is 20.3 Å². The van der Waals surface area contributed by atoms with Crippen molar-refractivity contribution < 1.29 is 9.85 Å². The Morgan fingerprint density at radius 1 is 1.11 bits per heavy atom. The summed E-state index contributed by atoms with van der Waals surface area (Å²) in [6.45, 7) is 8.65. The summed E-state index contributed by atoms with van der Waals surface area (Å²) in [7, 11) is 0. The Labute approximate surface area is 57.6 Å². The Morgan fingerprint density at radius 3 is 1.67 bits per heavy atom. The molecular formula is C7H18NO+. The van der Waals surface area contributed by atoms with Crippen molar-refractivity contribution in [3.8, 4) is 0 Å². The normalized spacial score (nSPS) is 12.0. The lowest BCUT2D eigenvalue weighted by Crippen LogP contribution is -2.44. The van der Waals surface area contributed by atoms with E-state index in [1.807, 2.05) is 13.8 Å². The van der Waals surface area contributed by atoms with E-state index in [4.69, 9.17) is 0 Å². The molecule has 56 valence electrons. The minimum absolute atomic E-state index is 0.233. The van der Waals surface area contributed by atoms with Crippen LogP contribution < -0.4 is 0 Å². The average molecular weight is 132 g/mol. The third kappa shape index (κ3) is 2.82. The molecule has 0 aromatic carbocycles. The van der Waals surface area contributed by atoms with Gasteiger partial charge in [0.25, 0.3) is 0 Å². The Kier molecular flexibility index (Phi) is 3.82. The fourth-order valence-corrected chi connectivity index (χ4v) is 0.956. The van der Waals surface area contributed by atoms with Gasteiger partial charge in [0, 0.05) is 0 Å². The highest BCUT2D eigenvalue weighted by molar-refractivity contribution is 4.26. The molecule has 0 atom stereocenters. The first-order valence-electron chi connectivity index (χ1n) is 3.77. The summed E-state index contributed by atoms with van der Waals surface area (Å²) in [4.78, 5) is 0. The SMILES string of the molecule is CCC[N+](O)(CC)CC. The second-order valence-electron chi connectivity index (χ2n) is 2.45. The number of hydrogen-bond donors (Lipinski definition) is 1. The lowest BCUT2D eigenvalue weighted by atomic mass is 10.4. The maximum atomic E-state index is 9.57. The van der Waals surface area contributed by atoms with Gasteiger partial charge in [-0.15, -0.1) is 0 Å². The number of rotatable bonds is 4. The lowest BCUT2D eigenvalue weighted by molar-refractivity contribution is -1.10. The highest BCUT2D eigenvalue weighted by Crippen LogP contribution is 2.00. The predicted octanol–water partition coefficient (Wildman–Crippen LogP) is 1.64. The first kappa shape index (κ1) is 8.92. The van der Waals surface area contributed by atoms with Crippen LogP contribution in [0.4, 0.5) is 0 Å². The van der Waals surface area contributed by atoms with Crippen LogP contribution in [0.1, 0.15) is 27.2 Å². The van der Waals surface area contributed by atoms with Crippen molar-refractivity contribution in [2.75, 3.05) is 19.6 Å². The van der Waals surface area contributed by atoms with Gasteiger partial charge in [0.2, 0.25) is 0 Å². The molecule has 0 fully saturated rings. The molecule has 0 unspecified atom stereocenters. The molecule has 0 saturated carbocycles. The standard InChI is InChI=1S/C7H18NO/c1-4-7-8(9,5-2)6-3/h9H,4-7H2,1-3H3/q+1. The van der Waals surface area contributed by atoms with Gasteiger partial charge in [-0.3, -0.25) is 0 Å². The zero-order valence-electron chi connectivity index (χ0n) is 6.72. The average Bonchev–Trinajstić information content (AvgIpc) is 1.89.